The molecule has 0 spiro atoms. The summed E-state index contributed by atoms with van der Waals surface area (Å²) < 4.78 is 16.4. The molecule has 2 heterocycles. The van der Waals surface area contributed by atoms with Gasteiger partial charge in [0, 0.05) is 29.3 Å². The van der Waals surface area contributed by atoms with E-state index in [0.29, 0.717) is 52.1 Å². The van der Waals surface area contributed by atoms with Crippen molar-refractivity contribution < 1.29 is 23.5 Å². The van der Waals surface area contributed by atoms with E-state index in [-0.39, 0.29) is 11.5 Å². The highest BCUT2D eigenvalue weighted by atomic mass is 32.1. The number of aryl methyl sites for hydroxylation is 1. The molecule has 4 rings (SSSR count). The molecule has 7 nitrogen and oxygen atoms in total. The molecule has 2 aromatic heterocycles. The summed E-state index contributed by atoms with van der Waals surface area (Å²) in [5.41, 5.74) is 2.57. The van der Waals surface area contributed by atoms with Gasteiger partial charge in [0.15, 0.2) is 16.7 Å². The molecule has 1 aliphatic rings. The molecule has 0 radical (unpaired) electrons. The number of hydrogen-bond donors (Lipinski definition) is 1. The third kappa shape index (κ3) is 3.51. The minimum absolute atomic E-state index is 0.0354. The van der Waals surface area contributed by atoms with Gasteiger partial charge in [-0.05, 0) is 31.5 Å². The lowest BCUT2D eigenvalue weighted by Gasteiger charge is -2.08. The Balaban J connectivity index is 1.59. The number of furan rings is 1. The van der Waals surface area contributed by atoms with Crippen LogP contribution in [0.3, 0.4) is 0 Å². The molecule has 0 atom stereocenters. The number of nitrogens with one attached hydrogen (secondary N) is 1. The van der Waals surface area contributed by atoms with Gasteiger partial charge < -0.3 is 13.9 Å². The number of carbonyl (C=O) groups is 2. The zero-order valence-corrected chi connectivity index (χ0v) is 17.1. The van der Waals surface area contributed by atoms with Crippen LogP contribution in [0.2, 0.25) is 0 Å². The number of fused-ring (bicyclic) bond motifs is 1. The number of ketones is 1. The van der Waals surface area contributed by atoms with E-state index >= 15 is 0 Å². The molecule has 0 fully saturated rings. The largest absolute Gasteiger partial charge is 0.497 e. The van der Waals surface area contributed by atoms with E-state index in [1.54, 1.807) is 33.3 Å². The van der Waals surface area contributed by atoms with E-state index in [0.717, 1.165) is 12.0 Å². The van der Waals surface area contributed by atoms with Gasteiger partial charge in [-0.1, -0.05) is 0 Å². The predicted molar refractivity (Wildman–Crippen MR) is 109 cm³/mol. The number of benzene rings is 1. The summed E-state index contributed by atoms with van der Waals surface area (Å²) in [5, 5.41) is 5.03. The fourth-order valence-corrected chi connectivity index (χ4v) is 4.19. The quantitative estimate of drug-likeness (QED) is 0.663. The van der Waals surface area contributed by atoms with Gasteiger partial charge in [0.2, 0.25) is 0 Å². The first-order chi connectivity index (χ1) is 14.0. The summed E-state index contributed by atoms with van der Waals surface area (Å²) in [6.45, 7) is 1.74. The fraction of sp³-hybridized carbons (Fsp3) is 0.286. The zero-order valence-electron chi connectivity index (χ0n) is 16.3. The second-order valence-electron chi connectivity index (χ2n) is 6.69. The topological polar surface area (TPSA) is 90.7 Å². The van der Waals surface area contributed by atoms with Gasteiger partial charge in [-0.15, -0.1) is 11.3 Å². The van der Waals surface area contributed by atoms with E-state index in [4.69, 9.17) is 13.9 Å². The maximum atomic E-state index is 12.7. The van der Waals surface area contributed by atoms with Gasteiger partial charge in [0.05, 0.1) is 25.5 Å². The lowest BCUT2D eigenvalue weighted by Crippen LogP contribution is -2.13. The molecule has 0 bridgehead atoms. The molecule has 0 saturated carbocycles. The molecule has 0 unspecified atom stereocenters. The third-order valence-corrected chi connectivity index (χ3v) is 5.68. The standard InChI is InChI=1S/C21H20N2O5S/c1-11-18-15(24)5-4-6-17(18)28-19(11)20(25)23-21-22-14(10-29-21)13-9-12(26-2)7-8-16(13)27-3/h7-10H,4-6H2,1-3H3,(H,22,23,25). The third-order valence-electron chi connectivity index (χ3n) is 4.92. The Morgan fingerprint density at radius 1 is 1.24 bits per heavy atom. The highest BCUT2D eigenvalue weighted by molar-refractivity contribution is 7.14. The highest BCUT2D eigenvalue weighted by Crippen LogP contribution is 2.35. The van der Waals surface area contributed by atoms with Crippen molar-refractivity contribution in [1.82, 2.24) is 4.98 Å². The number of Topliss-reactive ketones (excluding diaryl/α,β-unsaturated/α-hetero) is 1. The maximum absolute atomic E-state index is 12.7. The minimum atomic E-state index is -0.414. The summed E-state index contributed by atoms with van der Waals surface area (Å²) in [4.78, 5) is 29.4. The van der Waals surface area contributed by atoms with Gasteiger partial charge in [-0.25, -0.2) is 4.98 Å². The van der Waals surface area contributed by atoms with Crippen LogP contribution in [0.15, 0.2) is 28.0 Å². The predicted octanol–water partition coefficient (Wildman–Crippen LogP) is 4.50. The first kappa shape index (κ1) is 19.2. The summed E-state index contributed by atoms with van der Waals surface area (Å²) in [7, 11) is 3.18. The van der Waals surface area contributed by atoms with Crippen LogP contribution in [0, 0.1) is 6.92 Å². The summed E-state index contributed by atoms with van der Waals surface area (Å²) in [5.74, 6) is 1.73. The Hall–Kier alpha value is -3.13. The van der Waals surface area contributed by atoms with Gasteiger partial charge >= 0.3 is 0 Å². The second-order valence-corrected chi connectivity index (χ2v) is 7.55. The lowest BCUT2D eigenvalue weighted by molar-refractivity contribution is 0.0963. The highest BCUT2D eigenvalue weighted by Gasteiger charge is 2.29. The number of carbonyl (C=O) groups excluding carboxylic acids is 2. The van der Waals surface area contributed by atoms with Crippen LogP contribution >= 0.6 is 11.3 Å². The first-order valence-corrected chi connectivity index (χ1v) is 10.0. The number of rotatable bonds is 5. The Morgan fingerprint density at radius 3 is 2.79 bits per heavy atom. The van der Waals surface area contributed by atoms with E-state index < -0.39 is 5.91 Å². The van der Waals surface area contributed by atoms with E-state index in [2.05, 4.69) is 10.3 Å². The molecule has 1 aliphatic carbocycles. The Bertz CT molecular complexity index is 1100. The molecule has 0 saturated heterocycles. The zero-order chi connectivity index (χ0) is 20.5. The van der Waals surface area contributed by atoms with Crippen molar-refractivity contribution in [3.63, 3.8) is 0 Å². The molecule has 1 N–H and O–H groups in total. The van der Waals surface area contributed by atoms with Crippen LogP contribution in [0.4, 0.5) is 5.13 Å². The van der Waals surface area contributed by atoms with E-state index in [1.807, 2.05) is 11.4 Å². The normalized spacial score (nSPS) is 13.1. The summed E-state index contributed by atoms with van der Waals surface area (Å²) in [6, 6.07) is 5.44. The SMILES string of the molecule is COc1ccc(OC)c(-c2csc(NC(=O)c3oc4c(c3C)C(=O)CCC4)n2)c1. The molecule has 8 heteroatoms. The number of ether oxygens (including phenoxy) is 2. The van der Waals surface area contributed by atoms with Crippen molar-refractivity contribution >= 4 is 28.2 Å². The Morgan fingerprint density at radius 2 is 2.07 bits per heavy atom. The molecule has 3 aromatic rings. The second kappa shape index (κ2) is 7.71. The van der Waals surface area contributed by atoms with Crippen LogP contribution < -0.4 is 14.8 Å². The molecule has 1 aromatic carbocycles. The van der Waals surface area contributed by atoms with Crippen molar-refractivity contribution in [3.8, 4) is 22.8 Å². The molecule has 29 heavy (non-hydrogen) atoms. The number of anilines is 1. The molecular weight excluding hydrogens is 392 g/mol. The summed E-state index contributed by atoms with van der Waals surface area (Å²) >= 11 is 1.29. The number of methoxy groups -OCH3 is 2. The van der Waals surface area contributed by atoms with Crippen molar-refractivity contribution in [2.75, 3.05) is 19.5 Å². The monoisotopic (exact) mass is 412 g/mol. The van der Waals surface area contributed by atoms with Crippen molar-refractivity contribution in [1.29, 1.82) is 0 Å². The maximum Gasteiger partial charge on any atom is 0.293 e. The van der Waals surface area contributed by atoms with Crippen LogP contribution in [0.5, 0.6) is 11.5 Å². The summed E-state index contributed by atoms with van der Waals surface area (Å²) in [6.07, 6.45) is 1.91. The van der Waals surface area contributed by atoms with Crippen LogP contribution in [-0.2, 0) is 6.42 Å². The van der Waals surface area contributed by atoms with Crippen LogP contribution in [0.1, 0.15) is 45.1 Å². The van der Waals surface area contributed by atoms with Crippen LogP contribution in [0.25, 0.3) is 11.3 Å². The first-order valence-electron chi connectivity index (χ1n) is 9.16. The lowest BCUT2D eigenvalue weighted by atomic mass is 9.94. The Kier molecular flexibility index (Phi) is 5.10. The van der Waals surface area contributed by atoms with Gasteiger partial charge in [-0.3, -0.25) is 14.9 Å². The van der Waals surface area contributed by atoms with Crippen LogP contribution in [-0.4, -0.2) is 30.9 Å². The molecular formula is C21H20N2O5S. The number of hydrogen-bond acceptors (Lipinski definition) is 7. The van der Waals surface area contributed by atoms with Gasteiger partial charge in [-0.2, -0.15) is 0 Å². The molecule has 150 valence electrons. The van der Waals surface area contributed by atoms with E-state index in [1.165, 1.54) is 11.3 Å². The Labute approximate surface area is 171 Å². The van der Waals surface area contributed by atoms with Crippen molar-refractivity contribution in [2.24, 2.45) is 0 Å². The number of aromatic nitrogens is 1. The number of nitrogens with zero attached hydrogens (tertiary/aromatic N) is 1. The average Bonchev–Trinajstić information content (AvgIpc) is 3.32. The average molecular weight is 412 g/mol. The smallest absolute Gasteiger partial charge is 0.293 e. The van der Waals surface area contributed by atoms with Crippen molar-refractivity contribution in [3.05, 3.63) is 46.2 Å². The molecule has 0 aliphatic heterocycles. The number of amides is 1. The van der Waals surface area contributed by atoms with Crippen molar-refractivity contribution in [2.45, 2.75) is 26.2 Å². The number of thiazole rings is 1. The van der Waals surface area contributed by atoms with Gasteiger partial charge in [0.25, 0.3) is 5.91 Å². The fourth-order valence-electron chi connectivity index (χ4n) is 3.49. The van der Waals surface area contributed by atoms with E-state index in [9.17, 15) is 9.59 Å². The molecule has 1 amide bonds. The minimum Gasteiger partial charge on any atom is -0.497 e. The van der Waals surface area contributed by atoms with Gasteiger partial charge in [0.1, 0.15) is 17.3 Å².